The molecule has 12 aromatic rings. The third-order valence-corrected chi connectivity index (χ3v) is 12.2. The average molecular weight is 747 g/mol. The molecule has 5 nitrogen and oxygen atoms in total. The SMILES string of the molecule is c1ccc(-c2nc(-c3ccc(-n4c5ccccc5c5cc6c(cc54)sc4ccccc46)cc3)nc(-c3ccc4c(c3)oc3cccc(-c5ccccc5)c34)n2)cc1. The summed E-state index contributed by atoms with van der Waals surface area (Å²) in [5.41, 5.74) is 10.1. The van der Waals surface area contributed by atoms with Gasteiger partial charge in [-0.2, -0.15) is 0 Å². The molecule has 0 N–H and O–H groups in total. The molecule has 0 atom stereocenters. The zero-order chi connectivity index (χ0) is 37.5. The Morgan fingerprint density at radius 1 is 0.386 bits per heavy atom. The molecule has 0 aliphatic carbocycles. The van der Waals surface area contributed by atoms with Crippen LogP contribution >= 0.6 is 11.3 Å². The highest BCUT2D eigenvalue weighted by Gasteiger charge is 2.19. The fraction of sp³-hybridized carbons (Fsp3) is 0. The Balaban J connectivity index is 0.987. The monoisotopic (exact) mass is 746 g/mol. The maximum Gasteiger partial charge on any atom is 0.164 e. The van der Waals surface area contributed by atoms with Crippen molar-refractivity contribution in [2.45, 2.75) is 0 Å². The third kappa shape index (κ3) is 5.12. The van der Waals surface area contributed by atoms with Gasteiger partial charge in [0, 0.05) is 64.1 Å². The largest absolute Gasteiger partial charge is 0.456 e. The number of hydrogen-bond donors (Lipinski definition) is 0. The van der Waals surface area contributed by atoms with Gasteiger partial charge in [0.25, 0.3) is 0 Å². The summed E-state index contributed by atoms with van der Waals surface area (Å²) >= 11 is 1.85. The molecule has 0 radical (unpaired) electrons. The molecule has 12 rings (SSSR count). The quantitative estimate of drug-likeness (QED) is 0.176. The first-order chi connectivity index (χ1) is 28.2. The molecule has 0 amide bonds. The minimum atomic E-state index is 0.586. The molecule has 8 aromatic carbocycles. The molecule has 6 heteroatoms. The molecule has 0 aliphatic rings. The lowest BCUT2D eigenvalue weighted by atomic mass is 9.99. The molecule has 0 saturated carbocycles. The smallest absolute Gasteiger partial charge is 0.164 e. The number of hydrogen-bond acceptors (Lipinski definition) is 5. The third-order valence-electron chi connectivity index (χ3n) is 11.1. The lowest BCUT2D eigenvalue weighted by Gasteiger charge is -2.11. The van der Waals surface area contributed by atoms with Gasteiger partial charge in [-0.3, -0.25) is 0 Å². The Kier molecular flexibility index (Phi) is 7.03. The number of benzene rings is 8. The number of furan rings is 1. The first-order valence-electron chi connectivity index (χ1n) is 19.0. The predicted octanol–water partition coefficient (Wildman–Crippen LogP) is 13.9. The van der Waals surface area contributed by atoms with E-state index in [1.807, 2.05) is 53.8 Å². The maximum atomic E-state index is 6.48. The zero-order valence-corrected chi connectivity index (χ0v) is 31.2. The van der Waals surface area contributed by atoms with Crippen LogP contribution in [0.5, 0.6) is 0 Å². The molecule has 0 bridgehead atoms. The van der Waals surface area contributed by atoms with E-state index in [1.54, 1.807) is 0 Å². The normalized spacial score (nSPS) is 11.9. The van der Waals surface area contributed by atoms with Gasteiger partial charge in [-0.05, 0) is 77.9 Å². The highest BCUT2D eigenvalue weighted by atomic mass is 32.1. The van der Waals surface area contributed by atoms with E-state index in [2.05, 4.69) is 144 Å². The van der Waals surface area contributed by atoms with Gasteiger partial charge >= 0.3 is 0 Å². The fourth-order valence-electron chi connectivity index (χ4n) is 8.40. The molecule has 4 heterocycles. The van der Waals surface area contributed by atoms with Crippen LogP contribution in [0, 0.1) is 0 Å². The van der Waals surface area contributed by atoms with Crippen LogP contribution in [0.4, 0.5) is 0 Å². The highest BCUT2D eigenvalue weighted by Crippen LogP contribution is 2.41. The van der Waals surface area contributed by atoms with Crippen molar-refractivity contribution >= 4 is 75.3 Å². The number of nitrogens with zero attached hydrogens (tertiary/aromatic N) is 4. The molecule has 0 fully saturated rings. The second-order valence-corrected chi connectivity index (χ2v) is 15.5. The van der Waals surface area contributed by atoms with Gasteiger partial charge in [0.05, 0.1) is 11.0 Å². The fourth-order valence-corrected chi connectivity index (χ4v) is 9.52. The Labute approximate surface area is 330 Å². The summed E-state index contributed by atoms with van der Waals surface area (Å²) in [5.74, 6) is 1.81. The van der Waals surface area contributed by atoms with Crippen LogP contribution in [0.2, 0.25) is 0 Å². The van der Waals surface area contributed by atoms with Crippen LogP contribution in [-0.4, -0.2) is 19.5 Å². The van der Waals surface area contributed by atoms with Gasteiger partial charge in [-0.1, -0.05) is 115 Å². The zero-order valence-electron chi connectivity index (χ0n) is 30.4. The summed E-state index contributed by atoms with van der Waals surface area (Å²) in [4.78, 5) is 15.2. The number of para-hydroxylation sites is 1. The van der Waals surface area contributed by atoms with Crippen molar-refractivity contribution in [3.8, 4) is 51.0 Å². The summed E-state index contributed by atoms with van der Waals surface area (Å²) < 4.78 is 11.4. The standard InChI is InChI=1S/C51H30N4OS/c1-3-12-31(13-4-1)36-18-11-20-44-48(36)39-27-24-34(28-45(39)56-44)51-53-49(32-14-5-2-6-15-32)52-50(54-51)33-22-25-35(26-23-33)55-42-19-9-7-16-37(42)40-29-41-38-17-8-10-21-46(38)57-47(41)30-43(40)55/h1-30H. The topological polar surface area (TPSA) is 56.7 Å². The van der Waals surface area contributed by atoms with Crippen LogP contribution < -0.4 is 0 Å². The van der Waals surface area contributed by atoms with E-state index in [1.165, 1.54) is 42.0 Å². The minimum absolute atomic E-state index is 0.586. The molecule has 4 aromatic heterocycles. The van der Waals surface area contributed by atoms with Gasteiger partial charge in [-0.15, -0.1) is 11.3 Å². The van der Waals surface area contributed by atoms with E-state index in [0.29, 0.717) is 17.5 Å². The Bertz CT molecular complexity index is 3510. The average Bonchev–Trinajstić information content (AvgIpc) is 3.95. The van der Waals surface area contributed by atoms with Crippen LogP contribution in [0.15, 0.2) is 186 Å². The maximum absolute atomic E-state index is 6.48. The highest BCUT2D eigenvalue weighted by molar-refractivity contribution is 7.25. The van der Waals surface area contributed by atoms with E-state index >= 15 is 0 Å². The lowest BCUT2D eigenvalue weighted by Crippen LogP contribution is -2.00. The van der Waals surface area contributed by atoms with Gasteiger partial charge < -0.3 is 8.98 Å². The summed E-state index contributed by atoms with van der Waals surface area (Å²) in [6, 6.07) is 63.7. The molecular formula is C51H30N4OS. The predicted molar refractivity (Wildman–Crippen MR) is 236 cm³/mol. The van der Waals surface area contributed by atoms with Gasteiger partial charge in [0.1, 0.15) is 11.2 Å². The molecule has 0 aliphatic heterocycles. The lowest BCUT2D eigenvalue weighted by molar-refractivity contribution is 0.669. The van der Waals surface area contributed by atoms with Gasteiger partial charge in [0.15, 0.2) is 17.5 Å². The summed E-state index contributed by atoms with van der Waals surface area (Å²) in [6.07, 6.45) is 0. The van der Waals surface area contributed by atoms with E-state index in [9.17, 15) is 0 Å². The second-order valence-electron chi connectivity index (χ2n) is 14.4. The molecule has 0 spiro atoms. The molecule has 0 unspecified atom stereocenters. The van der Waals surface area contributed by atoms with Crippen molar-refractivity contribution in [1.29, 1.82) is 0 Å². The van der Waals surface area contributed by atoms with Gasteiger partial charge in [-0.25, -0.2) is 15.0 Å². The van der Waals surface area contributed by atoms with Crippen LogP contribution in [0.3, 0.4) is 0 Å². The Morgan fingerprint density at radius 3 is 1.82 bits per heavy atom. The van der Waals surface area contributed by atoms with Crippen molar-refractivity contribution in [2.75, 3.05) is 0 Å². The van der Waals surface area contributed by atoms with E-state index in [0.717, 1.165) is 55.4 Å². The van der Waals surface area contributed by atoms with Crippen molar-refractivity contribution < 1.29 is 4.42 Å². The van der Waals surface area contributed by atoms with Gasteiger partial charge in [0.2, 0.25) is 0 Å². The Hall–Kier alpha value is -7.41. The van der Waals surface area contributed by atoms with Crippen molar-refractivity contribution in [2.24, 2.45) is 0 Å². The second kappa shape index (κ2) is 12.6. The van der Waals surface area contributed by atoms with E-state index in [4.69, 9.17) is 19.4 Å². The summed E-state index contributed by atoms with van der Waals surface area (Å²) in [6.45, 7) is 0. The number of fused-ring (bicyclic) bond motifs is 9. The molecule has 266 valence electrons. The summed E-state index contributed by atoms with van der Waals surface area (Å²) in [7, 11) is 0. The molecule has 0 saturated heterocycles. The number of thiophene rings is 1. The first-order valence-corrected chi connectivity index (χ1v) is 19.8. The van der Waals surface area contributed by atoms with E-state index in [-0.39, 0.29) is 0 Å². The van der Waals surface area contributed by atoms with Crippen LogP contribution in [0.25, 0.3) is 115 Å². The first kappa shape index (κ1) is 31.9. The van der Waals surface area contributed by atoms with E-state index < -0.39 is 0 Å². The van der Waals surface area contributed by atoms with Crippen molar-refractivity contribution in [3.63, 3.8) is 0 Å². The molecule has 57 heavy (non-hydrogen) atoms. The summed E-state index contributed by atoms with van der Waals surface area (Å²) in [5, 5.41) is 7.25. The van der Waals surface area contributed by atoms with Crippen LogP contribution in [-0.2, 0) is 0 Å². The number of rotatable bonds is 5. The van der Waals surface area contributed by atoms with Crippen molar-refractivity contribution in [3.05, 3.63) is 182 Å². The Morgan fingerprint density at radius 2 is 1.04 bits per heavy atom. The van der Waals surface area contributed by atoms with Crippen molar-refractivity contribution in [1.82, 2.24) is 19.5 Å². The van der Waals surface area contributed by atoms with Crippen LogP contribution in [0.1, 0.15) is 0 Å². The molecular weight excluding hydrogens is 717 g/mol. The number of aromatic nitrogens is 4. The minimum Gasteiger partial charge on any atom is -0.456 e.